The molecule has 0 unspecified atom stereocenters. The number of aromatic nitrogens is 3. The first-order valence-corrected chi connectivity index (χ1v) is 13.2. The van der Waals surface area contributed by atoms with Crippen LogP contribution in [0.2, 0.25) is 0 Å². The summed E-state index contributed by atoms with van der Waals surface area (Å²) in [6.07, 6.45) is 9.25. The second kappa shape index (κ2) is 11.7. The van der Waals surface area contributed by atoms with Crippen molar-refractivity contribution in [3.8, 4) is 23.0 Å². The van der Waals surface area contributed by atoms with Crippen LogP contribution in [0.1, 0.15) is 84.9 Å². The summed E-state index contributed by atoms with van der Waals surface area (Å²) in [6.45, 7) is 13.2. The molecule has 0 radical (unpaired) electrons. The quantitative estimate of drug-likeness (QED) is 0.234. The number of pyridine rings is 1. The van der Waals surface area contributed by atoms with Gasteiger partial charge in [0, 0.05) is 52.4 Å². The number of aryl methyl sites for hydroxylation is 2. The van der Waals surface area contributed by atoms with Gasteiger partial charge in [-0.2, -0.15) is 4.98 Å². The highest BCUT2D eigenvalue weighted by molar-refractivity contribution is 6.08. The number of carbonyl (C=O) groups is 1. The van der Waals surface area contributed by atoms with Crippen LogP contribution >= 0.6 is 0 Å². The molecule has 0 bridgehead atoms. The Morgan fingerprint density at radius 1 is 1.08 bits per heavy atom. The van der Waals surface area contributed by atoms with Crippen molar-refractivity contribution in [2.45, 2.75) is 80.3 Å². The number of hydrogen-bond donors (Lipinski definition) is 0. The largest absolute Gasteiger partial charge is 0.405 e. The van der Waals surface area contributed by atoms with E-state index in [1.807, 2.05) is 27.0 Å². The number of rotatable bonds is 10. The van der Waals surface area contributed by atoms with Gasteiger partial charge in [-0.1, -0.05) is 38.5 Å². The van der Waals surface area contributed by atoms with Crippen molar-refractivity contribution in [3.63, 3.8) is 0 Å². The van der Waals surface area contributed by atoms with Crippen LogP contribution in [0.15, 0.2) is 24.0 Å². The van der Waals surface area contributed by atoms with Crippen LogP contribution in [0, 0.1) is 19.1 Å². The van der Waals surface area contributed by atoms with Crippen LogP contribution in [0.25, 0.3) is 11.1 Å². The van der Waals surface area contributed by atoms with Crippen molar-refractivity contribution < 1.29 is 14.3 Å². The number of carbonyl (C=O) groups excluding carboxylic acids is 1. The van der Waals surface area contributed by atoms with Gasteiger partial charge in [0.1, 0.15) is 0 Å². The van der Waals surface area contributed by atoms with Gasteiger partial charge < -0.3 is 9.47 Å². The maximum atomic E-state index is 13.4. The molecule has 1 aliphatic rings. The van der Waals surface area contributed by atoms with E-state index in [1.54, 1.807) is 12.3 Å². The minimum absolute atomic E-state index is 0.0562. The summed E-state index contributed by atoms with van der Waals surface area (Å²) in [5.74, 6) is 0.536. The molecule has 1 aliphatic carbocycles. The summed E-state index contributed by atoms with van der Waals surface area (Å²) in [7, 11) is 0. The summed E-state index contributed by atoms with van der Waals surface area (Å²) in [5, 5.41) is 0. The fourth-order valence-corrected chi connectivity index (χ4v) is 4.72. The second-order valence-corrected chi connectivity index (χ2v) is 9.32. The van der Waals surface area contributed by atoms with E-state index >= 15 is 0 Å². The summed E-state index contributed by atoms with van der Waals surface area (Å²) < 4.78 is 11.6. The Morgan fingerprint density at radius 3 is 2.57 bits per heavy atom. The first kappa shape index (κ1) is 26.5. The highest BCUT2D eigenvalue weighted by Crippen LogP contribution is 2.41. The van der Waals surface area contributed by atoms with Crippen molar-refractivity contribution in [1.29, 1.82) is 0 Å². The summed E-state index contributed by atoms with van der Waals surface area (Å²) in [5.41, 5.74) is 9.63. The van der Waals surface area contributed by atoms with Crippen LogP contribution in [-0.4, -0.2) is 27.3 Å². The smallest absolute Gasteiger partial charge is 0.323 e. The lowest BCUT2D eigenvalue weighted by atomic mass is 9.80. The SMILES string of the molecule is CCOCc1cnc(Oc2ncc3c(c2CC)-c2c#cc(CC)c(C(=O)/C=C(/C)CC)c2CC3)nc1C. The predicted octanol–water partition coefficient (Wildman–Crippen LogP) is 6.54. The number of allylic oxidation sites excluding steroid dienone is 2. The normalized spacial score (nSPS) is 12.5. The van der Waals surface area contributed by atoms with Gasteiger partial charge in [-0.05, 0) is 70.1 Å². The molecular weight excluding hydrogens is 462 g/mol. The fraction of sp³-hybridized carbons (Fsp3) is 0.419. The third-order valence-electron chi connectivity index (χ3n) is 6.95. The van der Waals surface area contributed by atoms with Gasteiger partial charge in [0.25, 0.3) is 0 Å². The molecule has 6 nitrogen and oxygen atoms in total. The van der Waals surface area contributed by atoms with E-state index in [0.29, 0.717) is 25.5 Å². The molecular formula is C31H35N3O3. The third-order valence-corrected chi connectivity index (χ3v) is 6.95. The van der Waals surface area contributed by atoms with Crippen molar-refractivity contribution in [1.82, 2.24) is 15.0 Å². The van der Waals surface area contributed by atoms with Gasteiger partial charge in [-0.15, -0.1) is 0 Å². The van der Waals surface area contributed by atoms with Gasteiger partial charge in [-0.3, -0.25) is 4.79 Å². The van der Waals surface area contributed by atoms with Crippen LogP contribution in [0.3, 0.4) is 0 Å². The summed E-state index contributed by atoms with van der Waals surface area (Å²) in [6, 6.07) is 6.96. The molecule has 0 aliphatic heterocycles. The molecule has 192 valence electrons. The molecule has 0 N–H and O–H groups in total. The lowest BCUT2D eigenvalue weighted by Gasteiger charge is -2.24. The summed E-state index contributed by atoms with van der Waals surface area (Å²) in [4.78, 5) is 27.0. The second-order valence-electron chi connectivity index (χ2n) is 9.32. The standard InChI is InChI=1S/C31H35N3O3/c1-7-19(5)15-27(35)29-21(8-2)11-13-25-26(29)14-12-22-16-32-30(24(9-3)28(22)25)37-31-33-17-23(18-36-10-4)20(6)34-31/h15-17H,7-10,12,14,18H2,1-6H3/b19-15-. The Bertz CT molecular complexity index is 1340. The zero-order valence-corrected chi connectivity index (χ0v) is 22.7. The van der Waals surface area contributed by atoms with Crippen LogP contribution in [-0.2, 0) is 37.0 Å². The molecule has 0 saturated heterocycles. The molecule has 0 spiro atoms. The number of fused-ring (bicyclic) bond motifs is 3. The topological polar surface area (TPSA) is 74.2 Å². The zero-order chi connectivity index (χ0) is 26.5. The molecule has 4 rings (SSSR count). The summed E-state index contributed by atoms with van der Waals surface area (Å²) >= 11 is 0. The van der Waals surface area contributed by atoms with Gasteiger partial charge in [-0.25, -0.2) is 9.97 Å². The molecule has 1 aromatic carbocycles. The van der Waals surface area contributed by atoms with Crippen LogP contribution < -0.4 is 4.74 Å². The Labute approximate surface area is 220 Å². The number of ketones is 1. The van der Waals surface area contributed by atoms with E-state index in [4.69, 9.17) is 9.47 Å². The van der Waals surface area contributed by atoms with Gasteiger partial charge in [0.15, 0.2) is 5.78 Å². The van der Waals surface area contributed by atoms with Crippen molar-refractivity contribution in [2.24, 2.45) is 0 Å². The zero-order valence-electron chi connectivity index (χ0n) is 22.7. The molecule has 3 aromatic rings. The van der Waals surface area contributed by atoms with E-state index in [1.165, 1.54) is 0 Å². The molecule has 0 atom stereocenters. The molecule has 37 heavy (non-hydrogen) atoms. The molecule has 0 fully saturated rings. The van der Waals surface area contributed by atoms with E-state index < -0.39 is 0 Å². The monoisotopic (exact) mass is 497 g/mol. The first-order valence-electron chi connectivity index (χ1n) is 13.2. The van der Waals surface area contributed by atoms with Gasteiger partial charge >= 0.3 is 6.01 Å². The lowest BCUT2D eigenvalue weighted by Crippen LogP contribution is -2.14. The fourth-order valence-electron chi connectivity index (χ4n) is 4.72. The van der Waals surface area contributed by atoms with Gasteiger partial charge in [0.2, 0.25) is 5.88 Å². The average Bonchev–Trinajstić information content (AvgIpc) is 2.91. The molecule has 6 heteroatoms. The minimum Gasteiger partial charge on any atom is -0.405 e. The van der Waals surface area contributed by atoms with Gasteiger partial charge in [0.05, 0.1) is 12.3 Å². The highest BCUT2D eigenvalue weighted by atomic mass is 16.5. The Kier molecular flexibility index (Phi) is 8.35. The van der Waals surface area contributed by atoms with Crippen molar-refractivity contribution >= 4 is 5.78 Å². The Balaban J connectivity index is 1.78. The maximum absolute atomic E-state index is 13.4. The third kappa shape index (κ3) is 5.42. The molecule has 0 amide bonds. The first-order chi connectivity index (χ1) is 17.9. The highest BCUT2D eigenvalue weighted by Gasteiger charge is 2.27. The number of nitrogens with zero attached hydrogens (tertiary/aromatic N) is 3. The lowest BCUT2D eigenvalue weighted by molar-refractivity contribution is 0.104. The van der Waals surface area contributed by atoms with Crippen molar-refractivity contribution in [2.75, 3.05) is 6.61 Å². The Hall–Kier alpha value is -3.56. The van der Waals surface area contributed by atoms with E-state index in [-0.39, 0.29) is 11.8 Å². The molecule has 2 heterocycles. The number of hydrogen-bond acceptors (Lipinski definition) is 6. The van der Waals surface area contributed by atoms with E-state index in [0.717, 1.165) is 81.5 Å². The Morgan fingerprint density at radius 2 is 1.89 bits per heavy atom. The van der Waals surface area contributed by atoms with Crippen LogP contribution in [0.4, 0.5) is 0 Å². The van der Waals surface area contributed by atoms with E-state index in [2.05, 4.69) is 47.9 Å². The minimum atomic E-state index is 0.0562. The average molecular weight is 498 g/mol. The molecule has 2 aromatic heterocycles. The predicted molar refractivity (Wildman–Crippen MR) is 144 cm³/mol. The number of ether oxygens (including phenoxy) is 2. The van der Waals surface area contributed by atoms with Crippen molar-refractivity contribution in [3.05, 3.63) is 75.3 Å². The maximum Gasteiger partial charge on any atom is 0.323 e. The van der Waals surface area contributed by atoms with Crippen LogP contribution in [0.5, 0.6) is 11.9 Å². The molecule has 0 saturated carbocycles. The van der Waals surface area contributed by atoms with E-state index in [9.17, 15) is 4.79 Å².